The SMILES string of the molecule is N#Cc1ccc(N)c(N2CC(Br)CC2=O)c1. The lowest BCUT2D eigenvalue weighted by Crippen LogP contribution is -2.25. The van der Waals surface area contributed by atoms with Crippen molar-refractivity contribution in [3.63, 3.8) is 0 Å². The highest BCUT2D eigenvalue weighted by molar-refractivity contribution is 9.09. The number of benzene rings is 1. The zero-order valence-electron chi connectivity index (χ0n) is 8.48. The molecule has 1 amide bonds. The van der Waals surface area contributed by atoms with Crippen LogP contribution in [0.25, 0.3) is 0 Å². The average Bonchev–Trinajstić information content (AvgIpc) is 2.58. The fourth-order valence-corrected chi connectivity index (χ4v) is 2.31. The first-order valence-electron chi connectivity index (χ1n) is 4.86. The Hall–Kier alpha value is -1.54. The van der Waals surface area contributed by atoms with Crippen LogP contribution in [0.4, 0.5) is 11.4 Å². The number of amides is 1. The maximum absolute atomic E-state index is 11.7. The van der Waals surface area contributed by atoms with E-state index in [0.29, 0.717) is 29.9 Å². The van der Waals surface area contributed by atoms with Gasteiger partial charge in [-0.3, -0.25) is 4.79 Å². The lowest BCUT2D eigenvalue weighted by Gasteiger charge is -2.18. The van der Waals surface area contributed by atoms with Crippen molar-refractivity contribution in [1.82, 2.24) is 0 Å². The summed E-state index contributed by atoms with van der Waals surface area (Å²) in [7, 11) is 0. The second kappa shape index (κ2) is 4.14. The first-order chi connectivity index (χ1) is 7.61. The molecule has 1 aromatic rings. The van der Waals surface area contributed by atoms with Gasteiger partial charge in [-0.15, -0.1) is 0 Å². The molecule has 0 bridgehead atoms. The van der Waals surface area contributed by atoms with Gasteiger partial charge in [0.25, 0.3) is 0 Å². The number of anilines is 2. The highest BCUT2D eigenvalue weighted by Crippen LogP contribution is 2.30. The van der Waals surface area contributed by atoms with Crippen LogP contribution in [0.2, 0.25) is 0 Å². The molecular weight excluding hydrogens is 270 g/mol. The van der Waals surface area contributed by atoms with E-state index in [0.717, 1.165) is 0 Å². The molecule has 2 N–H and O–H groups in total. The first-order valence-corrected chi connectivity index (χ1v) is 5.77. The molecule has 0 spiro atoms. The molecule has 1 aromatic carbocycles. The van der Waals surface area contributed by atoms with Crippen LogP contribution in [0.1, 0.15) is 12.0 Å². The third-order valence-corrected chi connectivity index (χ3v) is 3.14. The highest BCUT2D eigenvalue weighted by atomic mass is 79.9. The Balaban J connectivity index is 2.40. The summed E-state index contributed by atoms with van der Waals surface area (Å²) >= 11 is 3.41. The van der Waals surface area contributed by atoms with Gasteiger partial charge >= 0.3 is 0 Å². The normalized spacial score (nSPS) is 19.9. The molecule has 0 radical (unpaired) electrons. The van der Waals surface area contributed by atoms with E-state index in [1.807, 2.05) is 6.07 Å². The number of halogens is 1. The van der Waals surface area contributed by atoms with Crippen molar-refractivity contribution in [3.8, 4) is 6.07 Å². The van der Waals surface area contributed by atoms with Gasteiger partial charge in [-0.2, -0.15) is 5.26 Å². The Morgan fingerprint density at radius 1 is 1.56 bits per heavy atom. The zero-order valence-corrected chi connectivity index (χ0v) is 10.1. The van der Waals surface area contributed by atoms with Gasteiger partial charge in [-0.25, -0.2) is 0 Å². The number of alkyl halides is 1. The molecule has 16 heavy (non-hydrogen) atoms. The van der Waals surface area contributed by atoms with Crippen molar-refractivity contribution < 1.29 is 4.79 Å². The van der Waals surface area contributed by atoms with E-state index < -0.39 is 0 Å². The summed E-state index contributed by atoms with van der Waals surface area (Å²) in [5, 5.41) is 8.81. The molecule has 1 aliphatic rings. The minimum Gasteiger partial charge on any atom is -0.397 e. The second-order valence-electron chi connectivity index (χ2n) is 3.69. The van der Waals surface area contributed by atoms with Crippen LogP contribution < -0.4 is 10.6 Å². The van der Waals surface area contributed by atoms with Gasteiger partial charge in [0.1, 0.15) is 0 Å². The number of nitrogens with zero attached hydrogens (tertiary/aromatic N) is 2. The van der Waals surface area contributed by atoms with Crippen LogP contribution in [-0.4, -0.2) is 17.3 Å². The zero-order chi connectivity index (χ0) is 11.7. The minimum atomic E-state index is 0.0312. The Morgan fingerprint density at radius 3 is 2.88 bits per heavy atom. The van der Waals surface area contributed by atoms with Gasteiger partial charge in [0.15, 0.2) is 0 Å². The highest BCUT2D eigenvalue weighted by Gasteiger charge is 2.29. The lowest BCUT2D eigenvalue weighted by atomic mass is 10.2. The summed E-state index contributed by atoms with van der Waals surface area (Å²) in [6.07, 6.45) is 0.468. The van der Waals surface area contributed by atoms with Crippen LogP contribution in [0.15, 0.2) is 18.2 Å². The number of nitriles is 1. The van der Waals surface area contributed by atoms with E-state index >= 15 is 0 Å². The summed E-state index contributed by atoms with van der Waals surface area (Å²) in [5.74, 6) is 0.0312. The molecule has 0 aliphatic carbocycles. The second-order valence-corrected chi connectivity index (χ2v) is 4.99. The average molecular weight is 280 g/mol. The van der Waals surface area contributed by atoms with Crippen LogP contribution in [0.3, 0.4) is 0 Å². The molecule has 0 aromatic heterocycles. The van der Waals surface area contributed by atoms with E-state index in [1.54, 1.807) is 23.1 Å². The number of nitrogens with two attached hydrogens (primary N) is 1. The number of carbonyl (C=O) groups excluding carboxylic acids is 1. The van der Waals surface area contributed by atoms with E-state index in [4.69, 9.17) is 11.0 Å². The number of hydrogen-bond donors (Lipinski definition) is 1. The number of rotatable bonds is 1. The van der Waals surface area contributed by atoms with E-state index in [1.165, 1.54) is 0 Å². The summed E-state index contributed by atoms with van der Waals surface area (Å²) in [4.78, 5) is 13.5. The molecule has 1 aliphatic heterocycles. The van der Waals surface area contributed by atoms with Crippen LogP contribution >= 0.6 is 15.9 Å². The molecule has 2 rings (SSSR count). The molecule has 5 heteroatoms. The van der Waals surface area contributed by atoms with Gasteiger partial charge < -0.3 is 10.6 Å². The van der Waals surface area contributed by atoms with Gasteiger partial charge in [0.05, 0.1) is 23.0 Å². The predicted molar refractivity (Wildman–Crippen MR) is 65.3 cm³/mol. The number of hydrogen-bond acceptors (Lipinski definition) is 3. The molecule has 4 nitrogen and oxygen atoms in total. The van der Waals surface area contributed by atoms with Gasteiger partial charge in [0.2, 0.25) is 5.91 Å². The largest absolute Gasteiger partial charge is 0.397 e. The molecule has 1 saturated heterocycles. The summed E-state index contributed by atoms with van der Waals surface area (Å²) in [5.41, 5.74) is 7.48. The van der Waals surface area contributed by atoms with Crippen LogP contribution in [-0.2, 0) is 4.79 Å². The van der Waals surface area contributed by atoms with Crippen molar-refractivity contribution >= 4 is 33.2 Å². The molecule has 1 unspecified atom stereocenters. The fraction of sp³-hybridized carbons (Fsp3) is 0.273. The molecule has 82 valence electrons. The Kier molecular flexibility index (Phi) is 2.84. The Labute approximate surface area is 102 Å². The maximum Gasteiger partial charge on any atom is 0.228 e. The van der Waals surface area contributed by atoms with Gasteiger partial charge in [0, 0.05) is 17.8 Å². The quantitative estimate of drug-likeness (QED) is 0.628. The Morgan fingerprint density at radius 2 is 2.31 bits per heavy atom. The third-order valence-electron chi connectivity index (χ3n) is 2.53. The fourth-order valence-electron chi connectivity index (χ4n) is 1.74. The van der Waals surface area contributed by atoms with E-state index in [9.17, 15) is 4.79 Å². The van der Waals surface area contributed by atoms with Crippen molar-refractivity contribution in [1.29, 1.82) is 5.26 Å². The lowest BCUT2D eigenvalue weighted by molar-refractivity contribution is -0.117. The van der Waals surface area contributed by atoms with Crippen molar-refractivity contribution in [2.45, 2.75) is 11.2 Å². The van der Waals surface area contributed by atoms with Crippen LogP contribution in [0, 0.1) is 11.3 Å². The number of nitrogen functional groups attached to an aromatic ring is 1. The predicted octanol–water partition coefficient (Wildman–Crippen LogP) is 1.64. The summed E-state index contributed by atoms with van der Waals surface area (Å²) < 4.78 is 0. The third kappa shape index (κ3) is 1.89. The van der Waals surface area contributed by atoms with Gasteiger partial charge in [-0.05, 0) is 18.2 Å². The molecule has 1 heterocycles. The van der Waals surface area contributed by atoms with Crippen LogP contribution in [0.5, 0.6) is 0 Å². The minimum absolute atomic E-state index is 0.0312. The first kappa shape index (κ1) is 11.0. The standard InChI is InChI=1S/C11H10BrN3O/c12-8-4-11(16)15(6-8)10-3-7(5-13)1-2-9(10)14/h1-3,8H,4,6,14H2. The summed E-state index contributed by atoms with van der Waals surface area (Å²) in [6.45, 7) is 0.595. The summed E-state index contributed by atoms with van der Waals surface area (Å²) in [6, 6.07) is 6.99. The Bertz CT molecular complexity index is 481. The molecule has 1 atom stereocenters. The molecule has 1 fully saturated rings. The monoisotopic (exact) mass is 279 g/mol. The topological polar surface area (TPSA) is 70.1 Å². The number of carbonyl (C=O) groups is 1. The van der Waals surface area contributed by atoms with E-state index in [2.05, 4.69) is 15.9 Å². The van der Waals surface area contributed by atoms with E-state index in [-0.39, 0.29) is 10.7 Å². The van der Waals surface area contributed by atoms with Crippen molar-refractivity contribution in [2.75, 3.05) is 17.2 Å². The smallest absolute Gasteiger partial charge is 0.228 e. The molecule has 0 saturated carbocycles. The van der Waals surface area contributed by atoms with Gasteiger partial charge in [-0.1, -0.05) is 15.9 Å². The van der Waals surface area contributed by atoms with Crippen molar-refractivity contribution in [3.05, 3.63) is 23.8 Å². The molecular formula is C11H10BrN3O. The maximum atomic E-state index is 11.7. The van der Waals surface area contributed by atoms with Crippen molar-refractivity contribution in [2.24, 2.45) is 0 Å².